The summed E-state index contributed by atoms with van der Waals surface area (Å²) in [7, 11) is 0. The Labute approximate surface area is 101 Å². The number of nitrogens with two attached hydrogens (primary N) is 1. The average molecular weight is 231 g/mol. The maximum absolute atomic E-state index is 5.84. The van der Waals surface area contributed by atoms with Crippen LogP contribution in [0.25, 0.3) is 0 Å². The van der Waals surface area contributed by atoms with E-state index in [1.54, 1.807) is 0 Å². The standard InChI is InChI=1S/C13H17N3O/c1-3-16-8-11(7-15-16)9-17-13-6-10(2)4-5-12(13)14/h4-8H,3,9,14H2,1-2H3. The van der Waals surface area contributed by atoms with Crippen LogP contribution in [0.1, 0.15) is 18.1 Å². The number of rotatable bonds is 4. The van der Waals surface area contributed by atoms with Gasteiger partial charge in [-0.3, -0.25) is 4.68 Å². The van der Waals surface area contributed by atoms with Crippen LogP contribution in [0.5, 0.6) is 5.75 Å². The summed E-state index contributed by atoms with van der Waals surface area (Å²) in [5, 5.41) is 4.19. The second-order valence-electron chi connectivity index (χ2n) is 4.03. The molecule has 2 rings (SSSR count). The Morgan fingerprint density at radius 3 is 2.94 bits per heavy atom. The fraction of sp³-hybridized carbons (Fsp3) is 0.308. The summed E-state index contributed by atoms with van der Waals surface area (Å²) in [5.41, 5.74) is 8.69. The molecule has 4 nitrogen and oxygen atoms in total. The van der Waals surface area contributed by atoms with Crippen molar-refractivity contribution in [3.8, 4) is 5.75 Å². The van der Waals surface area contributed by atoms with E-state index in [4.69, 9.17) is 10.5 Å². The zero-order chi connectivity index (χ0) is 12.3. The van der Waals surface area contributed by atoms with Gasteiger partial charge in [0.05, 0.1) is 11.9 Å². The molecule has 2 aromatic rings. The van der Waals surface area contributed by atoms with Gasteiger partial charge < -0.3 is 10.5 Å². The quantitative estimate of drug-likeness (QED) is 0.822. The first-order chi connectivity index (χ1) is 8.19. The van der Waals surface area contributed by atoms with Crippen LogP contribution >= 0.6 is 0 Å². The van der Waals surface area contributed by atoms with Crippen molar-refractivity contribution in [2.75, 3.05) is 5.73 Å². The maximum atomic E-state index is 5.84. The summed E-state index contributed by atoms with van der Waals surface area (Å²) >= 11 is 0. The van der Waals surface area contributed by atoms with Gasteiger partial charge in [-0.1, -0.05) is 6.07 Å². The first kappa shape index (κ1) is 11.5. The number of nitrogens with zero attached hydrogens (tertiary/aromatic N) is 2. The zero-order valence-electron chi connectivity index (χ0n) is 10.2. The molecule has 4 heteroatoms. The Kier molecular flexibility index (Phi) is 3.32. The molecule has 0 fully saturated rings. The van der Waals surface area contributed by atoms with Crippen molar-refractivity contribution < 1.29 is 4.74 Å². The molecule has 0 saturated carbocycles. The lowest BCUT2D eigenvalue weighted by atomic mass is 10.2. The van der Waals surface area contributed by atoms with Crippen molar-refractivity contribution in [2.45, 2.75) is 27.0 Å². The first-order valence-corrected chi connectivity index (χ1v) is 5.69. The number of anilines is 1. The largest absolute Gasteiger partial charge is 0.487 e. The summed E-state index contributed by atoms with van der Waals surface area (Å²) in [6.45, 7) is 5.43. The molecule has 0 aliphatic rings. The van der Waals surface area contributed by atoms with Crippen LogP contribution in [0, 0.1) is 6.92 Å². The Hall–Kier alpha value is -1.97. The highest BCUT2D eigenvalue weighted by atomic mass is 16.5. The van der Waals surface area contributed by atoms with Crippen LogP contribution in [-0.4, -0.2) is 9.78 Å². The number of ether oxygens (including phenoxy) is 1. The lowest BCUT2D eigenvalue weighted by Crippen LogP contribution is -1.98. The van der Waals surface area contributed by atoms with E-state index in [2.05, 4.69) is 12.0 Å². The Bertz CT molecular complexity index is 505. The molecule has 0 aliphatic carbocycles. The minimum absolute atomic E-state index is 0.494. The maximum Gasteiger partial charge on any atom is 0.142 e. The molecule has 0 bridgehead atoms. The molecule has 2 N–H and O–H groups in total. The van der Waals surface area contributed by atoms with E-state index in [-0.39, 0.29) is 0 Å². The SMILES string of the molecule is CCn1cc(COc2cc(C)ccc2N)cn1. The lowest BCUT2D eigenvalue weighted by molar-refractivity contribution is 0.307. The van der Waals surface area contributed by atoms with E-state index >= 15 is 0 Å². The van der Waals surface area contributed by atoms with Crippen molar-refractivity contribution in [1.29, 1.82) is 0 Å². The van der Waals surface area contributed by atoms with Crippen LogP contribution in [0.15, 0.2) is 30.6 Å². The third-order valence-corrected chi connectivity index (χ3v) is 2.57. The molecular formula is C13H17N3O. The minimum Gasteiger partial charge on any atom is -0.487 e. The molecule has 1 heterocycles. The van der Waals surface area contributed by atoms with E-state index in [1.165, 1.54) is 0 Å². The topological polar surface area (TPSA) is 53.1 Å². The van der Waals surface area contributed by atoms with Crippen molar-refractivity contribution in [3.63, 3.8) is 0 Å². The number of nitrogen functional groups attached to an aromatic ring is 1. The summed E-state index contributed by atoms with van der Waals surface area (Å²) < 4.78 is 7.56. The van der Waals surface area contributed by atoms with Gasteiger partial charge >= 0.3 is 0 Å². The molecule has 0 radical (unpaired) electrons. The number of hydrogen-bond donors (Lipinski definition) is 1. The molecule has 17 heavy (non-hydrogen) atoms. The van der Waals surface area contributed by atoms with Gasteiger partial charge in [0.25, 0.3) is 0 Å². The van der Waals surface area contributed by atoms with E-state index in [0.29, 0.717) is 12.3 Å². The third kappa shape index (κ3) is 2.78. The fourth-order valence-electron chi connectivity index (χ4n) is 1.58. The second kappa shape index (κ2) is 4.91. The van der Waals surface area contributed by atoms with E-state index in [9.17, 15) is 0 Å². The Morgan fingerprint density at radius 1 is 1.41 bits per heavy atom. The normalized spacial score (nSPS) is 10.5. The highest BCUT2D eigenvalue weighted by Crippen LogP contribution is 2.23. The lowest BCUT2D eigenvalue weighted by Gasteiger charge is -2.08. The van der Waals surface area contributed by atoms with Crippen molar-refractivity contribution >= 4 is 5.69 Å². The molecule has 0 spiro atoms. The van der Waals surface area contributed by atoms with E-state index < -0.39 is 0 Å². The summed E-state index contributed by atoms with van der Waals surface area (Å²) in [6.07, 6.45) is 3.79. The van der Waals surface area contributed by atoms with Crippen molar-refractivity contribution in [1.82, 2.24) is 9.78 Å². The van der Waals surface area contributed by atoms with Gasteiger partial charge in [-0.05, 0) is 31.5 Å². The number of benzene rings is 1. The van der Waals surface area contributed by atoms with Crippen LogP contribution in [0.3, 0.4) is 0 Å². The number of aryl methyl sites for hydroxylation is 2. The molecule has 1 aromatic heterocycles. The van der Waals surface area contributed by atoms with Crippen molar-refractivity contribution in [2.24, 2.45) is 0 Å². The third-order valence-electron chi connectivity index (χ3n) is 2.57. The Morgan fingerprint density at radius 2 is 2.24 bits per heavy atom. The second-order valence-corrected chi connectivity index (χ2v) is 4.03. The van der Waals surface area contributed by atoms with Crippen LogP contribution in [-0.2, 0) is 13.2 Å². The van der Waals surface area contributed by atoms with E-state index in [0.717, 1.165) is 23.4 Å². The van der Waals surface area contributed by atoms with Crippen LogP contribution < -0.4 is 10.5 Å². The van der Waals surface area contributed by atoms with Gasteiger partial charge in [-0.15, -0.1) is 0 Å². The number of aromatic nitrogens is 2. The number of hydrogen-bond acceptors (Lipinski definition) is 3. The first-order valence-electron chi connectivity index (χ1n) is 5.69. The van der Waals surface area contributed by atoms with E-state index in [1.807, 2.05) is 42.2 Å². The molecule has 1 aromatic carbocycles. The van der Waals surface area contributed by atoms with Gasteiger partial charge in [0.15, 0.2) is 0 Å². The van der Waals surface area contributed by atoms with Crippen LogP contribution in [0.4, 0.5) is 5.69 Å². The predicted octanol–water partition coefficient (Wildman–Crippen LogP) is 2.37. The molecule has 0 saturated heterocycles. The monoisotopic (exact) mass is 231 g/mol. The molecule has 0 atom stereocenters. The summed E-state index contributed by atoms with van der Waals surface area (Å²) in [6, 6.07) is 5.77. The van der Waals surface area contributed by atoms with Crippen molar-refractivity contribution in [3.05, 3.63) is 41.7 Å². The molecule has 0 unspecified atom stereocenters. The fourth-order valence-corrected chi connectivity index (χ4v) is 1.58. The zero-order valence-corrected chi connectivity index (χ0v) is 10.2. The summed E-state index contributed by atoms with van der Waals surface area (Å²) in [4.78, 5) is 0. The summed E-state index contributed by atoms with van der Waals surface area (Å²) in [5.74, 6) is 0.731. The molecule has 0 amide bonds. The minimum atomic E-state index is 0.494. The predicted molar refractivity (Wildman–Crippen MR) is 67.8 cm³/mol. The van der Waals surface area contributed by atoms with Crippen LogP contribution in [0.2, 0.25) is 0 Å². The molecular weight excluding hydrogens is 214 g/mol. The smallest absolute Gasteiger partial charge is 0.142 e. The van der Waals surface area contributed by atoms with Gasteiger partial charge in [0.1, 0.15) is 12.4 Å². The highest BCUT2D eigenvalue weighted by molar-refractivity contribution is 5.53. The van der Waals surface area contributed by atoms with Gasteiger partial charge in [0.2, 0.25) is 0 Å². The van der Waals surface area contributed by atoms with Gasteiger partial charge in [-0.25, -0.2) is 0 Å². The Balaban J connectivity index is 2.04. The molecule has 0 aliphatic heterocycles. The average Bonchev–Trinajstić information content (AvgIpc) is 2.78. The van der Waals surface area contributed by atoms with Gasteiger partial charge in [0, 0.05) is 18.3 Å². The highest BCUT2D eigenvalue weighted by Gasteiger charge is 2.02. The molecule has 90 valence electrons. The van der Waals surface area contributed by atoms with Gasteiger partial charge in [-0.2, -0.15) is 5.10 Å².